The summed E-state index contributed by atoms with van der Waals surface area (Å²) in [6.07, 6.45) is 1.01. The summed E-state index contributed by atoms with van der Waals surface area (Å²) in [6.45, 7) is 2.79. The van der Waals surface area contributed by atoms with Crippen LogP contribution in [0.25, 0.3) is 0 Å². The number of carbonyl (C=O) groups excluding carboxylic acids is 1. The van der Waals surface area contributed by atoms with Crippen molar-refractivity contribution in [1.82, 2.24) is 4.90 Å². The van der Waals surface area contributed by atoms with Gasteiger partial charge in [-0.3, -0.25) is 4.79 Å². The average molecular weight is 248 g/mol. The topological polar surface area (TPSA) is 55.6 Å². The molecule has 0 aliphatic carbocycles. The highest BCUT2D eigenvalue weighted by atomic mass is 16.5. The molecule has 0 saturated carbocycles. The van der Waals surface area contributed by atoms with Crippen molar-refractivity contribution < 1.29 is 9.53 Å². The number of benzene rings is 1. The van der Waals surface area contributed by atoms with E-state index in [-0.39, 0.29) is 5.91 Å². The smallest absolute Gasteiger partial charge is 0.253 e. The maximum atomic E-state index is 12.3. The first-order chi connectivity index (χ1) is 8.74. The van der Waals surface area contributed by atoms with E-state index < -0.39 is 0 Å². The third kappa shape index (κ3) is 2.89. The minimum atomic E-state index is 0.101. The third-order valence-corrected chi connectivity index (χ3v) is 3.39. The zero-order chi connectivity index (χ0) is 13.0. The van der Waals surface area contributed by atoms with Crippen molar-refractivity contribution in [2.24, 2.45) is 11.7 Å². The molecule has 18 heavy (non-hydrogen) atoms. The maximum Gasteiger partial charge on any atom is 0.253 e. The lowest BCUT2D eigenvalue weighted by Gasteiger charge is -2.16. The Morgan fingerprint density at radius 2 is 2.39 bits per heavy atom. The van der Waals surface area contributed by atoms with E-state index in [0.717, 1.165) is 30.6 Å². The Hall–Kier alpha value is -1.39. The number of likely N-dealkylation sites (tertiary alicyclic amines) is 1. The molecule has 1 amide bonds. The van der Waals surface area contributed by atoms with Crippen LogP contribution in [0.15, 0.2) is 24.3 Å². The highest BCUT2D eigenvalue weighted by molar-refractivity contribution is 5.94. The second-order valence-corrected chi connectivity index (χ2v) is 4.77. The fourth-order valence-corrected chi connectivity index (χ4v) is 2.35. The number of hydrogen-bond acceptors (Lipinski definition) is 3. The van der Waals surface area contributed by atoms with Gasteiger partial charge in [0.1, 0.15) is 0 Å². The van der Waals surface area contributed by atoms with E-state index in [9.17, 15) is 4.79 Å². The summed E-state index contributed by atoms with van der Waals surface area (Å²) in [5, 5.41) is 0. The van der Waals surface area contributed by atoms with Crippen molar-refractivity contribution in [1.29, 1.82) is 0 Å². The van der Waals surface area contributed by atoms with E-state index >= 15 is 0 Å². The Balaban J connectivity index is 2.07. The lowest BCUT2D eigenvalue weighted by molar-refractivity contribution is 0.0787. The highest BCUT2D eigenvalue weighted by Crippen LogP contribution is 2.18. The number of rotatable bonds is 4. The zero-order valence-electron chi connectivity index (χ0n) is 10.8. The predicted octanol–water partition coefficient (Wildman–Crippen LogP) is 1.25. The highest BCUT2D eigenvalue weighted by Gasteiger charge is 2.25. The monoisotopic (exact) mass is 248 g/mol. The number of ether oxygens (including phenoxy) is 1. The molecular weight excluding hydrogens is 228 g/mol. The van der Waals surface area contributed by atoms with Gasteiger partial charge < -0.3 is 15.4 Å². The van der Waals surface area contributed by atoms with Crippen molar-refractivity contribution in [2.75, 3.05) is 26.7 Å². The molecule has 1 atom stereocenters. The van der Waals surface area contributed by atoms with Gasteiger partial charge in [-0.2, -0.15) is 0 Å². The Labute approximate surface area is 108 Å². The summed E-state index contributed by atoms with van der Waals surface area (Å²) in [5.74, 6) is 0.556. The van der Waals surface area contributed by atoms with Crippen molar-refractivity contribution in [2.45, 2.75) is 13.0 Å². The van der Waals surface area contributed by atoms with Gasteiger partial charge in [0, 0.05) is 25.8 Å². The molecule has 4 heteroatoms. The van der Waals surface area contributed by atoms with Crippen LogP contribution in [0, 0.1) is 5.92 Å². The van der Waals surface area contributed by atoms with Gasteiger partial charge in [-0.15, -0.1) is 0 Å². The molecule has 1 fully saturated rings. The van der Waals surface area contributed by atoms with Gasteiger partial charge in [0.15, 0.2) is 0 Å². The minimum Gasteiger partial charge on any atom is -0.380 e. The third-order valence-electron chi connectivity index (χ3n) is 3.39. The largest absolute Gasteiger partial charge is 0.380 e. The van der Waals surface area contributed by atoms with Gasteiger partial charge in [0.2, 0.25) is 0 Å². The quantitative estimate of drug-likeness (QED) is 0.872. The molecule has 98 valence electrons. The molecule has 2 N–H and O–H groups in total. The lowest BCUT2D eigenvalue weighted by atomic mass is 10.1. The fourth-order valence-electron chi connectivity index (χ4n) is 2.35. The van der Waals surface area contributed by atoms with Crippen LogP contribution in [0.3, 0.4) is 0 Å². The summed E-state index contributed by atoms with van der Waals surface area (Å²) in [6, 6.07) is 7.63. The Morgan fingerprint density at radius 3 is 3.06 bits per heavy atom. The number of hydrogen-bond donors (Lipinski definition) is 1. The van der Waals surface area contributed by atoms with Crippen LogP contribution in [0.1, 0.15) is 22.3 Å². The molecule has 1 aromatic rings. The van der Waals surface area contributed by atoms with Gasteiger partial charge in [-0.1, -0.05) is 12.1 Å². The molecule has 0 bridgehead atoms. The molecular formula is C14H20N2O2. The van der Waals surface area contributed by atoms with Gasteiger partial charge >= 0.3 is 0 Å². The summed E-state index contributed by atoms with van der Waals surface area (Å²) in [5.41, 5.74) is 7.41. The fraction of sp³-hybridized carbons (Fsp3) is 0.500. The molecule has 1 unspecified atom stereocenters. The second kappa shape index (κ2) is 5.98. The molecule has 1 heterocycles. The molecule has 0 aromatic heterocycles. The van der Waals surface area contributed by atoms with E-state index in [2.05, 4.69) is 0 Å². The van der Waals surface area contributed by atoms with Crippen LogP contribution in [0.4, 0.5) is 0 Å². The number of amides is 1. The summed E-state index contributed by atoms with van der Waals surface area (Å²) in [7, 11) is 1.65. The summed E-state index contributed by atoms with van der Waals surface area (Å²) < 4.78 is 5.08. The molecule has 1 aromatic carbocycles. The minimum absolute atomic E-state index is 0.101. The summed E-state index contributed by atoms with van der Waals surface area (Å²) >= 11 is 0. The van der Waals surface area contributed by atoms with E-state index in [4.69, 9.17) is 10.5 Å². The first kappa shape index (κ1) is 13.1. The number of nitrogens with two attached hydrogens (primary N) is 1. The van der Waals surface area contributed by atoms with Crippen LogP contribution in [0.5, 0.6) is 0 Å². The molecule has 0 radical (unpaired) electrons. The molecule has 0 spiro atoms. The van der Waals surface area contributed by atoms with Crippen molar-refractivity contribution in [3.63, 3.8) is 0 Å². The average Bonchev–Trinajstić information content (AvgIpc) is 2.87. The van der Waals surface area contributed by atoms with Crippen LogP contribution < -0.4 is 5.73 Å². The zero-order valence-corrected chi connectivity index (χ0v) is 10.8. The van der Waals surface area contributed by atoms with Crippen molar-refractivity contribution in [3.8, 4) is 0 Å². The molecule has 2 rings (SSSR count). The number of carbonyl (C=O) groups is 1. The Bertz CT molecular complexity index is 420. The SMILES string of the molecule is COCc1cccc(C(=O)N2CCC(CN)C2)c1. The molecule has 4 nitrogen and oxygen atoms in total. The van der Waals surface area contributed by atoms with Gasteiger partial charge in [0.05, 0.1) is 6.61 Å². The van der Waals surface area contributed by atoms with E-state index in [1.807, 2.05) is 29.2 Å². The van der Waals surface area contributed by atoms with Crippen LogP contribution in [-0.4, -0.2) is 37.6 Å². The Morgan fingerprint density at radius 1 is 1.56 bits per heavy atom. The first-order valence-corrected chi connectivity index (χ1v) is 6.32. The standard InChI is InChI=1S/C14H20N2O2/c1-18-10-11-3-2-4-13(7-11)14(17)16-6-5-12(8-15)9-16/h2-4,7,12H,5-6,8-10,15H2,1H3. The van der Waals surface area contributed by atoms with Gasteiger partial charge in [-0.25, -0.2) is 0 Å². The normalized spacial score (nSPS) is 19.2. The van der Waals surface area contributed by atoms with E-state index in [1.54, 1.807) is 7.11 Å². The molecule has 1 aliphatic heterocycles. The molecule has 1 aliphatic rings. The Kier molecular flexibility index (Phi) is 4.33. The second-order valence-electron chi connectivity index (χ2n) is 4.77. The predicted molar refractivity (Wildman–Crippen MR) is 70.2 cm³/mol. The first-order valence-electron chi connectivity index (χ1n) is 6.32. The van der Waals surface area contributed by atoms with Crippen LogP contribution in [0.2, 0.25) is 0 Å². The van der Waals surface area contributed by atoms with Gasteiger partial charge in [0.25, 0.3) is 5.91 Å². The summed E-state index contributed by atoms with van der Waals surface area (Å²) in [4.78, 5) is 14.2. The van der Waals surface area contributed by atoms with E-state index in [0.29, 0.717) is 19.1 Å². The molecule has 1 saturated heterocycles. The number of nitrogens with zero attached hydrogens (tertiary/aromatic N) is 1. The number of methoxy groups -OCH3 is 1. The lowest BCUT2D eigenvalue weighted by Crippen LogP contribution is -2.29. The van der Waals surface area contributed by atoms with Crippen LogP contribution >= 0.6 is 0 Å². The maximum absolute atomic E-state index is 12.3. The van der Waals surface area contributed by atoms with E-state index in [1.165, 1.54) is 0 Å². The van der Waals surface area contributed by atoms with Crippen LogP contribution in [-0.2, 0) is 11.3 Å². The van der Waals surface area contributed by atoms with Crippen molar-refractivity contribution >= 4 is 5.91 Å². The van der Waals surface area contributed by atoms with Crippen molar-refractivity contribution in [3.05, 3.63) is 35.4 Å². The van der Waals surface area contributed by atoms with Gasteiger partial charge in [-0.05, 0) is 36.6 Å².